The average molecular weight is 361 g/mol. The Morgan fingerprint density at radius 3 is 2.90 bits per heavy atom. The molecule has 0 saturated carbocycles. The van der Waals surface area contributed by atoms with Crippen molar-refractivity contribution in [1.29, 1.82) is 0 Å². The molecule has 1 aliphatic rings. The maximum absolute atomic E-state index is 12.1. The number of rotatable bonds is 3. The van der Waals surface area contributed by atoms with E-state index in [-0.39, 0.29) is 18.0 Å². The van der Waals surface area contributed by atoms with Gasteiger partial charge >= 0.3 is 12.0 Å². The summed E-state index contributed by atoms with van der Waals surface area (Å²) in [5.41, 5.74) is 0. The van der Waals surface area contributed by atoms with E-state index in [2.05, 4.69) is 21.2 Å². The van der Waals surface area contributed by atoms with Gasteiger partial charge in [0.1, 0.15) is 0 Å². The molecule has 2 atom stereocenters. The van der Waals surface area contributed by atoms with Gasteiger partial charge in [-0.3, -0.25) is 4.79 Å². The van der Waals surface area contributed by atoms with Gasteiger partial charge in [0.15, 0.2) is 0 Å². The van der Waals surface area contributed by atoms with Crippen LogP contribution in [0.4, 0.5) is 4.79 Å². The molecule has 110 valence electrons. The zero-order valence-electron chi connectivity index (χ0n) is 11.1. The van der Waals surface area contributed by atoms with E-state index in [1.54, 1.807) is 16.2 Å². The number of urea groups is 1. The molecule has 2 amide bonds. The Labute approximate surface area is 130 Å². The van der Waals surface area contributed by atoms with Crippen molar-refractivity contribution >= 4 is 39.3 Å². The van der Waals surface area contributed by atoms with Crippen LogP contribution in [0.1, 0.15) is 24.6 Å². The minimum absolute atomic E-state index is 0.0417. The SMILES string of the molecule is CC1CC(C(=O)O)CCN1C(=O)NCc1cc(Br)cs1. The highest BCUT2D eigenvalue weighted by Crippen LogP contribution is 2.23. The van der Waals surface area contributed by atoms with Gasteiger partial charge in [0, 0.05) is 27.3 Å². The molecule has 2 N–H and O–H groups in total. The summed E-state index contributed by atoms with van der Waals surface area (Å²) < 4.78 is 1.02. The minimum Gasteiger partial charge on any atom is -0.481 e. The van der Waals surface area contributed by atoms with Gasteiger partial charge in [-0.15, -0.1) is 11.3 Å². The number of aliphatic carboxylic acids is 1. The Hall–Kier alpha value is -1.08. The van der Waals surface area contributed by atoms with E-state index in [1.807, 2.05) is 18.4 Å². The number of carboxylic acids is 1. The summed E-state index contributed by atoms with van der Waals surface area (Å²) in [6, 6.07) is 1.82. The number of hydrogen-bond donors (Lipinski definition) is 2. The van der Waals surface area contributed by atoms with Crippen molar-refractivity contribution in [2.75, 3.05) is 6.54 Å². The number of thiophene rings is 1. The van der Waals surface area contributed by atoms with Crippen molar-refractivity contribution in [1.82, 2.24) is 10.2 Å². The van der Waals surface area contributed by atoms with Crippen LogP contribution in [0.15, 0.2) is 15.9 Å². The lowest BCUT2D eigenvalue weighted by Gasteiger charge is -2.36. The second-order valence-electron chi connectivity index (χ2n) is 4.99. The van der Waals surface area contributed by atoms with E-state index in [4.69, 9.17) is 5.11 Å². The first-order valence-electron chi connectivity index (χ1n) is 6.47. The van der Waals surface area contributed by atoms with Gasteiger partial charge in [0.25, 0.3) is 0 Å². The third kappa shape index (κ3) is 3.73. The summed E-state index contributed by atoms with van der Waals surface area (Å²) in [4.78, 5) is 25.9. The molecule has 5 nitrogen and oxygen atoms in total. The van der Waals surface area contributed by atoms with Gasteiger partial charge < -0.3 is 15.3 Å². The Bertz CT molecular complexity index is 506. The fourth-order valence-electron chi connectivity index (χ4n) is 2.41. The highest BCUT2D eigenvalue weighted by Gasteiger charge is 2.32. The number of halogens is 1. The van der Waals surface area contributed by atoms with E-state index in [1.165, 1.54) is 0 Å². The Morgan fingerprint density at radius 1 is 1.60 bits per heavy atom. The van der Waals surface area contributed by atoms with Gasteiger partial charge in [-0.1, -0.05) is 0 Å². The van der Waals surface area contributed by atoms with Crippen molar-refractivity contribution in [3.05, 3.63) is 20.8 Å². The monoisotopic (exact) mass is 360 g/mol. The molecule has 2 unspecified atom stereocenters. The summed E-state index contributed by atoms with van der Waals surface area (Å²) in [6.07, 6.45) is 1.05. The number of nitrogens with zero attached hydrogens (tertiary/aromatic N) is 1. The number of likely N-dealkylation sites (tertiary alicyclic amines) is 1. The Kier molecular flexibility index (Phi) is 5.04. The normalized spacial score (nSPS) is 22.6. The van der Waals surface area contributed by atoms with E-state index >= 15 is 0 Å². The van der Waals surface area contributed by atoms with Crippen LogP contribution in [0.5, 0.6) is 0 Å². The molecule has 1 aromatic rings. The summed E-state index contributed by atoms with van der Waals surface area (Å²) in [5.74, 6) is -1.09. The van der Waals surface area contributed by atoms with Crippen LogP contribution in [0.2, 0.25) is 0 Å². The molecule has 1 saturated heterocycles. The zero-order valence-corrected chi connectivity index (χ0v) is 13.5. The number of piperidine rings is 1. The number of hydrogen-bond acceptors (Lipinski definition) is 3. The fraction of sp³-hybridized carbons (Fsp3) is 0.538. The first kappa shape index (κ1) is 15.3. The van der Waals surface area contributed by atoms with Crippen molar-refractivity contribution in [3.63, 3.8) is 0 Å². The van der Waals surface area contributed by atoms with Gasteiger partial charge in [-0.2, -0.15) is 0 Å². The molecule has 1 aliphatic heterocycles. The number of carbonyl (C=O) groups is 2. The molecule has 1 aromatic heterocycles. The first-order chi connectivity index (χ1) is 9.47. The number of carbonyl (C=O) groups excluding carboxylic acids is 1. The predicted molar refractivity (Wildman–Crippen MR) is 80.8 cm³/mol. The van der Waals surface area contributed by atoms with Crippen LogP contribution in [-0.4, -0.2) is 34.6 Å². The molecule has 1 fully saturated rings. The van der Waals surface area contributed by atoms with Crippen LogP contribution >= 0.6 is 27.3 Å². The fourth-order valence-corrected chi connectivity index (χ4v) is 3.80. The van der Waals surface area contributed by atoms with E-state index in [0.29, 0.717) is 25.9 Å². The largest absolute Gasteiger partial charge is 0.481 e. The lowest BCUT2D eigenvalue weighted by atomic mass is 9.92. The third-order valence-electron chi connectivity index (χ3n) is 3.52. The van der Waals surface area contributed by atoms with E-state index in [0.717, 1.165) is 9.35 Å². The van der Waals surface area contributed by atoms with Gasteiger partial charge in [0.2, 0.25) is 0 Å². The standard InChI is InChI=1S/C13H17BrN2O3S/c1-8-4-9(12(17)18)2-3-16(8)13(19)15-6-11-5-10(14)7-20-11/h5,7-9H,2-4,6H2,1H3,(H,15,19)(H,17,18). The predicted octanol–water partition coefficient (Wildman–Crippen LogP) is 2.91. The highest BCUT2D eigenvalue weighted by atomic mass is 79.9. The van der Waals surface area contributed by atoms with Crippen LogP contribution in [0.3, 0.4) is 0 Å². The highest BCUT2D eigenvalue weighted by molar-refractivity contribution is 9.10. The number of carboxylic acid groups (broad SMARTS) is 1. The van der Waals surface area contributed by atoms with E-state index < -0.39 is 5.97 Å². The third-order valence-corrected chi connectivity index (χ3v) is 5.22. The molecule has 2 rings (SSSR count). The second-order valence-corrected chi connectivity index (χ2v) is 6.90. The lowest BCUT2D eigenvalue weighted by Crippen LogP contribution is -2.49. The Balaban J connectivity index is 1.85. The minimum atomic E-state index is -0.764. The van der Waals surface area contributed by atoms with Crippen LogP contribution in [0, 0.1) is 5.92 Å². The first-order valence-corrected chi connectivity index (χ1v) is 8.15. The molecule has 0 aromatic carbocycles. The van der Waals surface area contributed by atoms with Crippen LogP contribution in [-0.2, 0) is 11.3 Å². The molecule has 0 bridgehead atoms. The van der Waals surface area contributed by atoms with Crippen molar-refractivity contribution in [2.45, 2.75) is 32.4 Å². The van der Waals surface area contributed by atoms with Crippen LogP contribution < -0.4 is 5.32 Å². The van der Waals surface area contributed by atoms with Gasteiger partial charge in [-0.25, -0.2) is 4.79 Å². The van der Waals surface area contributed by atoms with Crippen molar-refractivity contribution < 1.29 is 14.7 Å². The molecule has 0 aliphatic carbocycles. The van der Waals surface area contributed by atoms with Crippen molar-refractivity contribution in [2.24, 2.45) is 5.92 Å². The molecule has 7 heteroatoms. The Morgan fingerprint density at radius 2 is 2.35 bits per heavy atom. The maximum Gasteiger partial charge on any atom is 0.317 e. The number of amides is 2. The molecule has 20 heavy (non-hydrogen) atoms. The van der Waals surface area contributed by atoms with Gasteiger partial charge in [0.05, 0.1) is 12.5 Å². The lowest BCUT2D eigenvalue weighted by molar-refractivity contribution is -0.143. The number of nitrogens with one attached hydrogen (secondary N) is 1. The second kappa shape index (κ2) is 6.58. The topological polar surface area (TPSA) is 69.6 Å². The molecule has 0 spiro atoms. The zero-order chi connectivity index (χ0) is 14.7. The van der Waals surface area contributed by atoms with Crippen molar-refractivity contribution in [3.8, 4) is 0 Å². The smallest absolute Gasteiger partial charge is 0.317 e. The molecule has 0 radical (unpaired) electrons. The summed E-state index contributed by atoms with van der Waals surface area (Å²) in [6.45, 7) is 2.90. The summed E-state index contributed by atoms with van der Waals surface area (Å²) in [5, 5.41) is 13.9. The molecular formula is C13H17BrN2O3S. The van der Waals surface area contributed by atoms with Gasteiger partial charge in [-0.05, 0) is 41.8 Å². The molecular weight excluding hydrogens is 344 g/mol. The van der Waals surface area contributed by atoms with Crippen LogP contribution in [0.25, 0.3) is 0 Å². The average Bonchev–Trinajstić information content (AvgIpc) is 2.81. The quantitative estimate of drug-likeness (QED) is 0.870. The summed E-state index contributed by atoms with van der Waals surface area (Å²) >= 11 is 4.96. The van der Waals surface area contributed by atoms with E-state index in [9.17, 15) is 9.59 Å². The summed E-state index contributed by atoms with van der Waals surface area (Å²) in [7, 11) is 0. The molecule has 2 heterocycles. The maximum atomic E-state index is 12.1.